The minimum atomic E-state index is -0.282. The second kappa shape index (κ2) is 9.97. The lowest BCUT2D eigenvalue weighted by Gasteiger charge is -2.41. The Labute approximate surface area is 189 Å². The van der Waals surface area contributed by atoms with Crippen LogP contribution in [0.2, 0.25) is 0 Å². The number of piperidine rings is 1. The number of amides is 3. The lowest BCUT2D eigenvalue weighted by molar-refractivity contribution is -0.141. The largest absolute Gasteiger partial charge is 0.355 e. The summed E-state index contributed by atoms with van der Waals surface area (Å²) in [6, 6.07) is 9.33. The van der Waals surface area contributed by atoms with Crippen LogP contribution in [-0.2, 0) is 14.4 Å². The van der Waals surface area contributed by atoms with Gasteiger partial charge in [-0.1, -0.05) is 25.1 Å². The zero-order chi connectivity index (χ0) is 22.7. The normalized spacial score (nSPS) is 26.8. The van der Waals surface area contributed by atoms with Gasteiger partial charge in [0.1, 0.15) is 0 Å². The van der Waals surface area contributed by atoms with E-state index in [-0.39, 0.29) is 35.6 Å². The number of rotatable bonds is 6. The number of piperazine rings is 1. The summed E-state index contributed by atoms with van der Waals surface area (Å²) in [5.74, 6) is -0.370. The monoisotopic (exact) mass is 442 g/mol. The molecule has 0 spiro atoms. The maximum Gasteiger partial charge on any atom is 0.247 e. The van der Waals surface area contributed by atoms with Crippen molar-refractivity contribution in [3.63, 3.8) is 0 Å². The molecule has 3 heterocycles. The molecule has 174 valence electrons. The first-order valence-corrected chi connectivity index (χ1v) is 11.6. The Hall–Kier alpha value is -2.49. The lowest BCUT2D eigenvalue weighted by atomic mass is 9.84. The molecule has 2 N–H and O–H groups in total. The number of hydrogen-bond acceptors (Lipinski definition) is 6. The number of carbonyl (C=O) groups is 3. The van der Waals surface area contributed by atoms with Crippen LogP contribution >= 0.6 is 0 Å². The Balaban J connectivity index is 1.38. The number of likely N-dealkylation sites (tertiary alicyclic amines) is 1. The van der Waals surface area contributed by atoms with Crippen molar-refractivity contribution in [3.8, 4) is 0 Å². The van der Waals surface area contributed by atoms with Gasteiger partial charge in [-0.05, 0) is 25.6 Å². The van der Waals surface area contributed by atoms with E-state index in [1.165, 1.54) is 0 Å². The molecule has 0 radical (unpaired) electrons. The molecule has 0 bridgehead atoms. The number of fused-ring (bicyclic) bond motifs is 1. The molecule has 1 aromatic rings. The molecule has 3 aliphatic rings. The van der Waals surface area contributed by atoms with Crippen LogP contribution in [0.1, 0.15) is 13.3 Å². The van der Waals surface area contributed by atoms with Gasteiger partial charge in [0.15, 0.2) is 0 Å². The van der Waals surface area contributed by atoms with Crippen LogP contribution in [0.3, 0.4) is 0 Å². The van der Waals surface area contributed by atoms with E-state index in [0.717, 1.165) is 12.1 Å². The van der Waals surface area contributed by atoms with Gasteiger partial charge in [0.05, 0.1) is 30.1 Å². The molecule has 3 aliphatic heterocycles. The second-order valence-corrected chi connectivity index (χ2v) is 9.05. The molecule has 0 aromatic heterocycles. The highest BCUT2D eigenvalue weighted by Crippen LogP contribution is 2.32. The van der Waals surface area contributed by atoms with Gasteiger partial charge in [0, 0.05) is 45.8 Å². The van der Waals surface area contributed by atoms with Crippen LogP contribution < -0.4 is 15.8 Å². The number of nitrogens with one attached hydrogen (secondary N) is 2. The van der Waals surface area contributed by atoms with Gasteiger partial charge in [-0.2, -0.15) is 0 Å². The van der Waals surface area contributed by atoms with Gasteiger partial charge in [-0.25, -0.2) is 10.4 Å². The summed E-state index contributed by atoms with van der Waals surface area (Å²) >= 11 is 0. The van der Waals surface area contributed by atoms with E-state index in [9.17, 15) is 14.4 Å². The topological polar surface area (TPSA) is 88.2 Å². The summed E-state index contributed by atoms with van der Waals surface area (Å²) < 4.78 is 0. The zero-order valence-corrected chi connectivity index (χ0v) is 19.0. The second-order valence-electron chi connectivity index (χ2n) is 9.05. The Kier molecular flexibility index (Phi) is 7.07. The standard InChI is InChI=1S/C23H34N6O3/c1-3-9-24-20(30)16-27-10-12-28(13-11-27)22(31)18-14-26(2)15-19-21(18)25-29(23(19)32)17-7-5-4-6-8-17/h4-8,18-19,21,25H,3,9-16H2,1-2H3,(H,24,30). The highest BCUT2D eigenvalue weighted by Gasteiger charge is 2.51. The van der Waals surface area contributed by atoms with Gasteiger partial charge in [0.25, 0.3) is 0 Å². The van der Waals surface area contributed by atoms with Gasteiger partial charge < -0.3 is 15.1 Å². The third kappa shape index (κ3) is 4.79. The highest BCUT2D eigenvalue weighted by atomic mass is 16.2. The predicted octanol–water partition coefficient (Wildman–Crippen LogP) is -0.245. The van der Waals surface area contributed by atoms with Crippen molar-refractivity contribution in [2.75, 3.05) is 64.4 Å². The van der Waals surface area contributed by atoms with Gasteiger partial charge in [-0.3, -0.25) is 19.3 Å². The maximum absolute atomic E-state index is 13.5. The summed E-state index contributed by atoms with van der Waals surface area (Å²) in [6.07, 6.45) is 0.921. The Morgan fingerprint density at radius 3 is 2.50 bits per heavy atom. The number of hydrogen-bond donors (Lipinski definition) is 2. The third-order valence-corrected chi connectivity index (χ3v) is 6.65. The Morgan fingerprint density at radius 1 is 1.09 bits per heavy atom. The number of hydrazine groups is 1. The molecule has 3 saturated heterocycles. The minimum Gasteiger partial charge on any atom is -0.355 e. The van der Waals surface area contributed by atoms with E-state index in [2.05, 4.69) is 20.5 Å². The van der Waals surface area contributed by atoms with Crippen LogP contribution in [0, 0.1) is 11.8 Å². The fourth-order valence-corrected chi connectivity index (χ4v) is 4.94. The van der Waals surface area contributed by atoms with Crippen LogP contribution in [0.4, 0.5) is 5.69 Å². The number of nitrogens with zero attached hydrogens (tertiary/aromatic N) is 4. The molecule has 0 aliphatic carbocycles. The van der Waals surface area contributed by atoms with E-state index in [0.29, 0.717) is 52.4 Å². The fourth-order valence-electron chi connectivity index (χ4n) is 4.94. The molecule has 32 heavy (non-hydrogen) atoms. The third-order valence-electron chi connectivity index (χ3n) is 6.65. The Bertz CT molecular complexity index is 826. The molecule has 1 aromatic carbocycles. The fraction of sp³-hybridized carbons (Fsp3) is 0.609. The first kappa shape index (κ1) is 22.7. The van der Waals surface area contributed by atoms with Crippen molar-refractivity contribution in [2.45, 2.75) is 19.4 Å². The SMILES string of the molecule is CCCNC(=O)CN1CCN(C(=O)C2CN(C)CC3C(=O)N(c4ccccc4)NC23)CC1. The molecule has 3 unspecified atom stereocenters. The first-order chi connectivity index (χ1) is 15.5. The maximum atomic E-state index is 13.5. The van der Waals surface area contributed by atoms with Crippen molar-refractivity contribution < 1.29 is 14.4 Å². The van der Waals surface area contributed by atoms with E-state index >= 15 is 0 Å². The van der Waals surface area contributed by atoms with Crippen molar-refractivity contribution in [3.05, 3.63) is 30.3 Å². The molecular formula is C23H34N6O3. The van der Waals surface area contributed by atoms with E-state index < -0.39 is 0 Å². The lowest BCUT2D eigenvalue weighted by Crippen LogP contribution is -2.59. The smallest absolute Gasteiger partial charge is 0.247 e. The van der Waals surface area contributed by atoms with Crippen molar-refractivity contribution >= 4 is 23.4 Å². The summed E-state index contributed by atoms with van der Waals surface area (Å²) in [5, 5.41) is 4.52. The molecule has 3 fully saturated rings. The van der Waals surface area contributed by atoms with Gasteiger partial charge in [0.2, 0.25) is 17.7 Å². The molecule has 4 rings (SSSR count). The Morgan fingerprint density at radius 2 is 1.81 bits per heavy atom. The summed E-state index contributed by atoms with van der Waals surface area (Å²) in [6.45, 7) is 6.95. The number of benzene rings is 1. The average molecular weight is 443 g/mol. The zero-order valence-electron chi connectivity index (χ0n) is 19.0. The number of para-hydroxylation sites is 1. The van der Waals surface area contributed by atoms with E-state index in [1.54, 1.807) is 5.01 Å². The van der Waals surface area contributed by atoms with Crippen LogP contribution in [0.15, 0.2) is 30.3 Å². The quantitative estimate of drug-likeness (QED) is 0.632. The van der Waals surface area contributed by atoms with E-state index in [4.69, 9.17) is 0 Å². The molecule has 3 atom stereocenters. The predicted molar refractivity (Wildman–Crippen MR) is 122 cm³/mol. The van der Waals surface area contributed by atoms with Crippen LogP contribution in [0.5, 0.6) is 0 Å². The molecule has 9 heteroatoms. The number of anilines is 1. The van der Waals surface area contributed by atoms with Crippen LogP contribution in [0.25, 0.3) is 0 Å². The average Bonchev–Trinajstić information content (AvgIpc) is 3.14. The van der Waals surface area contributed by atoms with Crippen molar-refractivity contribution in [2.24, 2.45) is 11.8 Å². The first-order valence-electron chi connectivity index (χ1n) is 11.6. The highest BCUT2D eigenvalue weighted by molar-refractivity contribution is 5.98. The van der Waals surface area contributed by atoms with Gasteiger partial charge >= 0.3 is 0 Å². The minimum absolute atomic E-state index is 0.0217. The van der Waals surface area contributed by atoms with Crippen molar-refractivity contribution in [1.82, 2.24) is 25.4 Å². The summed E-state index contributed by atoms with van der Waals surface area (Å²) in [7, 11) is 1.97. The van der Waals surface area contributed by atoms with Crippen LogP contribution in [-0.4, -0.2) is 97.9 Å². The molecule has 3 amide bonds. The van der Waals surface area contributed by atoms with Gasteiger partial charge in [-0.15, -0.1) is 0 Å². The molecular weight excluding hydrogens is 408 g/mol. The molecule has 9 nitrogen and oxygen atoms in total. The molecule has 0 saturated carbocycles. The van der Waals surface area contributed by atoms with E-state index in [1.807, 2.05) is 49.2 Å². The number of carbonyl (C=O) groups excluding carboxylic acids is 3. The van der Waals surface area contributed by atoms with Crippen molar-refractivity contribution in [1.29, 1.82) is 0 Å². The summed E-state index contributed by atoms with van der Waals surface area (Å²) in [5.41, 5.74) is 4.15. The summed E-state index contributed by atoms with van der Waals surface area (Å²) in [4.78, 5) is 44.7.